The molecule has 0 atom stereocenters. The number of benzene rings is 2. The first kappa shape index (κ1) is 19.0. The van der Waals surface area contributed by atoms with Gasteiger partial charge in [0.25, 0.3) is 0 Å². The van der Waals surface area contributed by atoms with Crippen molar-refractivity contribution in [2.45, 2.75) is 39.0 Å². The number of likely N-dealkylation sites (tertiary alicyclic amines) is 1. The number of fused-ring (bicyclic) bond motifs is 3. The minimum absolute atomic E-state index is 0.0624. The van der Waals surface area contributed by atoms with Crippen molar-refractivity contribution < 1.29 is 14.3 Å². The number of piperidine rings is 1. The van der Waals surface area contributed by atoms with Crippen molar-refractivity contribution in [2.75, 3.05) is 32.8 Å². The molecule has 0 spiro atoms. The SMILES string of the molecule is CCCCOc1cccc2c1-c1c(OCCN3CCCCC3)cccc1C2=O. The maximum absolute atomic E-state index is 12.9. The maximum atomic E-state index is 12.9. The van der Waals surface area contributed by atoms with E-state index >= 15 is 0 Å². The molecule has 4 nitrogen and oxygen atoms in total. The van der Waals surface area contributed by atoms with E-state index in [0.29, 0.717) is 13.2 Å². The summed E-state index contributed by atoms with van der Waals surface area (Å²) in [7, 11) is 0. The summed E-state index contributed by atoms with van der Waals surface area (Å²) < 4.78 is 12.2. The summed E-state index contributed by atoms with van der Waals surface area (Å²) in [4.78, 5) is 15.4. The van der Waals surface area contributed by atoms with E-state index in [4.69, 9.17) is 9.47 Å². The molecular formula is C24H29NO3. The Morgan fingerprint density at radius 2 is 1.46 bits per heavy atom. The van der Waals surface area contributed by atoms with Crippen molar-refractivity contribution >= 4 is 5.78 Å². The number of ether oxygens (including phenoxy) is 2. The highest BCUT2D eigenvalue weighted by molar-refractivity contribution is 6.23. The second kappa shape index (κ2) is 8.78. The number of unbranched alkanes of at least 4 members (excludes halogenated alkanes) is 1. The summed E-state index contributed by atoms with van der Waals surface area (Å²) in [5.41, 5.74) is 3.23. The zero-order valence-electron chi connectivity index (χ0n) is 16.7. The number of carbonyl (C=O) groups excluding carboxylic acids is 1. The molecule has 1 aliphatic carbocycles. The van der Waals surface area contributed by atoms with Crippen molar-refractivity contribution in [1.82, 2.24) is 4.90 Å². The third-order valence-electron chi connectivity index (χ3n) is 5.66. The van der Waals surface area contributed by atoms with Crippen LogP contribution in [0, 0.1) is 0 Å². The van der Waals surface area contributed by atoms with Crippen LogP contribution in [-0.4, -0.2) is 43.5 Å². The molecule has 1 saturated heterocycles. The molecule has 0 amide bonds. The maximum Gasteiger partial charge on any atom is 0.194 e. The smallest absolute Gasteiger partial charge is 0.194 e. The van der Waals surface area contributed by atoms with E-state index in [-0.39, 0.29) is 5.78 Å². The molecule has 1 aliphatic heterocycles. The third-order valence-corrected chi connectivity index (χ3v) is 5.66. The second-order valence-electron chi connectivity index (χ2n) is 7.64. The highest BCUT2D eigenvalue weighted by Gasteiger charge is 2.32. The first-order valence-corrected chi connectivity index (χ1v) is 10.6. The monoisotopic (exact) mass is 379 g/mol. The molecule has 2 aromatic rings. The highest BCUT2D eigenvalue weighted by atomic mass is 16.5. The molecule has 28 heavy (non-hydrogen) atoms. The summed E-state index contributed by atoms with van der Waals surface area (Å²) in [6.07, 6.45) is 5.97. The van der Waals surface area contributed by atoms with E-state index in [1.807, 2.05) is 36.4 Å². The Hall–Kier alpha value is -2.33. The van der Waals surface area contributed by atoms with Crippen LogP contribution in [0.1, 0.15) is 54.9 Å². The van der Waals surface area contributed by atoms with E-state index in [0.717, 1.165) is 66.2 Å². The Morgan fingerprint density at radius 3 is 2.07 bits per heavy atom. The van der Waals surface area contributed by atoms with E-state index in [2.05, 4.69) is 11.8 Å². The number of nitrogens with zero attached hydrogens (tertiary/aromatic N) is 1. The van der Waals surface area contributed by atoms with E-state index in [1.54, 1.807) is 0 Å². The predicted molar refractivity (Wildman–Crippen MR) is 111 cm³/mol. The molecule has 1 fully saturated rings. The van der Waals surface area contributed by atoms with Gasteiger partial charge >= 0.3 is 0 Å². The van der Waals surface area contributed by atoms with Crippen LogP contribution in [0.5, 0.6) is 11.5 Å². The molecule has 1 heterocycles. The Bertz CT molecular complexity index is 840. The predicted octanol–water partition coefficient (Wildman–Crippen LogP) is 4.94. The van der Waals surface area contributed by atoms with Crippen LogP contribution in [0.15, 0.2) is 36.4 Å². The summed E-state index contributed by atoms with van der Waals surface area (Å²) in [5, 5.41) is 0. The van der Waals surface area contributed by atoms with Crippen LogP contribution in [0.2, 0.25) is 0 Å². The van der Waals surface area contributed by atoms with Gasteiger partial charge in [0.05, 0.1) is 6.61 Å². The lowest BCUT2D eigenvalue weighted by Crippen LogP contribution is -2.33. The zero-order chi connectivity index (χ0) is 19.3. The quantitative estimate of drug-likeness (QED) is 0.520. The fraction of sp³-hybridized carbons (Fsp3) is 0.458. The minimum Gasteiger partial charge on any atom is -0.493 e. The van der Waals surface area contributed by atoms with Gasteiger partial charge in [0.1, 0.15) is 18.1 Å². The molecule has 148 valence electrons. The first-order chi connectivity index (χ1) is 13.8. The molecule has 0 bridgehead atoms. The number of hydrogen-bond donors (Lipinski definition) is 0. The van der Waals surface area contributed by atoms with Crippen molar-refractivity contribution in [3.05, 3.63) is 47.5 Å². The molecule has 4 rings (SSSR count). The van der Waals surface area contributed by atoms with Gasteiger partial charge in [-0.2, -0.15) is 0 Å². The Balaban J connectivity index is 1.57. The van der Waals surface area contributed by atoms with Gasteiger partial charge in [-0.05, 0) is 44.5 Å². The lowest BCUT2D eigenvalue weighted by Gasteiger charge is -2.26. The normalized spacial score (nSPS) is 16.0. The number of rotatable bonds is 8. The number of hydrogen-bond acceptors (Lipinski definition) is 4. The summed E-state index contributed by atoms with van der Waals surface area (Å²) >= 11 is 0. The molecule has 4 heteroatoms. The van der Waals surface area contributed by atoms with Gasteiger partial charge in [0.15, 0.2) is 5.78 Å². The molecule has 0 N–H and O–H groups in total. The van der Waals surface area contributed by atoms with Gasteiger partial charge < -0.3 is 9.47 Å². The summed E-state index contributed by atoms with van der Waals surface area (Å²) in [5.74, 6) is 1.63. The van der Waals surface area contributed by atoms with Crippen molar-refractivity contribution in [3.63, 3.8) is 0 Å². The molecule has 0 radical (unpaired) electrons. The van der Waals surface area contributed by atoms with Gasteiger partial charge in [-0.1, -0.05) is 44.0 Å². The van der Waals surface area contributed by atoms with Crippen LogP contribution < -0.4 is 9.47 Å². The Kier molecular flexibility index (Phi) is 5.96. The average molecular weight is 380 g/mol. The van der Waals surface area contributed by atoms with Crippen LogP contribution in [0.3, 0.4) is 0 Å². The van der Waals surface area contributed by atoms with E-state index in [1.165, 1.54) is 19.3 Å². The molecule has 0 aromatic heterocycles. The second-order valence-corrected chi connectivity index (χ2v) is 7.64. The largest absolute Gasteiger partial charge is 0.493 e. The van der Waals surface area contributed by atoms with Crippen LogP contribution in [0.25, 0.3) is 11.1 Å². The van der Waals surface area contributed by atoms with Crippen molar-refractivity contribution in [3.8, 4) is 22.6 Å². The fourth-order valence-electron chi connectivity index (χ4n) is 4.14. The topological polar surface area (TPSA) is 38.8 Å². The molecule has 0 unspecified atom stereocenters. The lowest BCUT2D eigenvalue weighted by atomic mass is 10.0. The Morgan fingerprint density at radius 1 is 0.857 bits per heavy atom. The van der Waals surface area contributed by atoms with Gasteiger partial charge in [0, 0.05) is 28.8 Å². The van der Waals surface area contributed by atoms with Gasteiger partial charge in [-0.3, -0.25) is 9.69 Å². The molecule has 0 saturated carbocycles. The fourth-order valence-corrected chi connectivity index (χ4v) is 4.14. The molecule has 2 aliphatic rings. The van der Waals surface area contributed by atoms with Gasteiger partial charge in [0.2, 0.25) is 0 Å². The standard InChI is InChI=1S/C24H29NO3/c1-2-3-16-27-20-11-7-9-18-22(20)23-19(24(18)26)10-8-12-21(23)28-17-15-25-13-5-4-6-14-25/h7-12H,2-6,13-17H2,1H3. The van der Waals surface area contributed by atoms with Crippen molar-refractivity contribution in [2.24, 2.45) is 0 Å². The van der Waals surface area contributed by atoms with Crippen LogP contribution in [0.4, 0.5) is 0 Å². The van der Waals surface area contributed by atoms with Gasteiger partial charge in [-0.15, -0.1) is 0 Å². The Labute approximate surface area is 167 Å². The molecule has 2 aromatic carbocycles. The number of carbonyl (C=O) groups is 1. The first-order valence-electron chi connectivity index (χ1n) is 10.6. The summed E-state index contributed by atoms with van der Waals surface area (Å²) in [6, 6.07) is 11.5. The third kappa shape index (κ3) is 3.79. The highest BCUT2D eigenvalue weighted by Crippen LogP contribution is 2.47. The molecular weight excluding hydrogens is 350 g/mol. The minimum atomic E-state index is 0.0624. The van der Waals surface area contributed by atoms with Crippen molar-refractivity contribution in [1.29, 1.82) is 0 Å². The lowest BCUT2D eigenvalue weighted by molar-refractivity contribution is 0.104. The van der Waals surface area contributed by atoms with E-state index in [9.17, 15) is 4.79 Å². The average Bonchev–Trinajstić information content (AvgIpc) is 3.03. The number of ketones is 1. The van der Waals surface area contributed by atoms with Crippen LogP contribution in [-0.2, 0) is 0 Å². The van der Waals surface area contributed by atoms with Gasteiger partial charge in [-0.25, -0.2) is 0 Å². The zero-order valence-corrected chi connectivity index (χ0v) is 16.7. The van der Waals surface area contributed by atoms with Crippen LogP contribution >= 0.6 is 0 Å². The van der Waals surface area contributed by atoms with E-state index < -0.39 is 0 Å². The summed E-state index contributed by atoms with van der Waals surface area (Å²) in [6.45, 7) is 6.69.